The monoisotopic (exact) mass is 240 g/mol. The first-order valence-electron chi connectivity index (χ1n) is 5.81. The first kappa shape index (κ1) is 13.9. The summed E-state index contributed by atoms with van der Waals surface area (Å²) in [4.78, 5) is 1.94. The SMILES string of the molecule is CNC(C)c1cc(F)ccc1N(C)CC(C)O. The number of aliphatic hydroxyl groups excluding tert-OH is 1. The zero-order valence-corrected chi connectivity index (χ0v) is 10.9. The van der Waals surface area contributed by atoms with Gasteiger partial charge in [-0.05, 0) is 44.7 Å². The molecule has 0 aromatic heterocycles. The van der Waals surface area contributed by atoms with Crippen molar-refractivity contribution in [3.63, 3.8) is 0 Å². The number of halogens is 1. The molecular formula is C13H21FN2O. The molecule has 0 spiro atoms. The van der Waals surface area contributed by atoms with Crippen LogP contribution >= 0.6 is 0 Å². The average Bonchev–Trinajstić information content (AvgIpc) is 2.26. The molecule has 2 atom stereocenters. The van der Waals surface area contributed by atoms with E-state index in [1.165, 1.54) is 12.1 Å². The number of benzene rings is 1. The van der Waals surface area contributed by atoms with E-state index in [0.717, 1.165) is 11.3 Å². The maximum absolute atomic E-state index is 13.3. The van der Waals surface area contributed by atoms with Crippen molar-refractivity contribution in [2.75, 3.05) is 25.5 Å². The van der Waals surface area contributed by atoms with Crippen molar-refractivity contribution in [2.45, 2.75) is 26.0 Å². The third-order valence-electron chi connectivity index (χ3n) is 2.84. The Hall–Kier alpha value is -1.13. The number of hydrogen-bond donors (Lipinski definition) is 2. The number of nitrogens with zero attached hydrogens (tertiary/aromatic N) is 1. The largest absolute Gasteiger partial charge is 0.392 e. The molecule has 96 valence electrons. The third kappa shape index (κ3) is 3.68. The highest BCUT2D eigenvalue weighted by Gasteiger charge is 2.14. The summed E-state index contributed by atoms with van der Waals surface area (Å²) in [5, 5.41) is 12.5. The second-order valence-corrected chi connectivity index (χ2v) is 4.44. The molecule has 0 radical (unpaired) electrons. The molecule has 2 unspecified atom stereocenters. The van der Waals surface area contributed by atoms with Crippen molar-refractivity contribution < 1.29 is 9.50 Å². The van der Waals surface area contributed by atoms with Crippen molar-refractivity contribution in [3.8, 4) is 0 Å². The standard InChI is InChI=1S/C13H21FN2O/c1-9(17)8-16(4)13-6-5-11(14)7-12(13)10(2)15-3/h5-7,9-10,15,17H,8H2,1-4H3. The van der Waals surface area contributed by atoms with E-state index in [9.17, 15) is 9.50 Å². The molecule has 0 aliphatic heterocycles. The Morgan fingerprint density at radius 1 is 1.41 bits per heavy atom. The van der Waals surface area contributed by atoms with Gasteiger partial charge >= 0.3 is 0 Å². The Morgan fingerprint density at radius 2 is 2.06 bits per heavy atom. The van der Waals surface area contributed by atoms with Gasteiger partial charge < -0.3 is 15.3 Å². The van der Waals surface area contributed by atoms with Crippen molar-refractivity contribution in [3.05, 3.63) is 29.6 Å². The van der Waals surface area contributed by atoms with Crippen molar-refractivity contribution in [1.29, 1.82) is 0 Å². The molecule has 17 heavy (non-hydrogen) atoms. The van der Waals surface area contributed by atoms with Gasteiger partial charge in [0.1, 0.15) is 5.82 Å². The van der Waals surface area contributed by atoms with Crippen LogP contribution in [0.25, 0.3) is 0 Å². The molecule has 0 amide bonds. The second-order valence-electron chi connectivity index (χ2n) is 4.44. The number of anilines is 1. The Labute approximate surface area is 102 Å². The number of hydrogen-bond acceptors (Lipinski definition) is 3. The Kier molecular flexibility index (Phi) is 4.90. The van der Waals surface area contributed by atoms with Crippen LogP contribution in [0.3, 0.4) is 0 Å². The zero-order valence-electron chi connectivity index (χ0n) is 10.9. The smallest absolute Gasteiger partial charge is 0.123 e. The summed E-state index contributed by atoms with van der Waals surface area (Å²) in [7, 11) is 3.74. The molecule has 0 aliphatic rings. The zero-order chi connectivity index (χ0) is 13.0. The number of aliphatic hydroxyl groups is 1. The van der Waals surface area contributed by atoms with E-state index in [0.29, 0.717) is 6.54 Å². The molecule has 1 aromatic carbocycles. The Morgan fingerprint density at radius 3 is 2.59 bits per heavy atom. The molecule has 0 saturated heterocycles. The van der Waals surface area contributed by atoms with E-state index >= 15 is 0 Å². The lowest BCUT2D eigenvalue weighted by atomic mass is 10.0. The average molecular weight is 240 g/mol. The van der Waals surface area contributed by atoms with Gasteiger partial charge in [-0.15, -0.1) is 0 Å². The van der Waals surface area contributed by atoms with Crippen LogP contribution in [0.1, 0.15) is 25.5 Å². The summed E-state index contributed by atoms with van der Waals surface area (Å²) < 4.78 is 13.3. The molecular weight excluding hydrogens is 219 g/mol. The lowest BCUT2D eigenvalue weighted by Gasteiger charge is -2.26. The summed E-state index contributed by atoms with van der Waals surface area (Å²) in [6, 6.07) is 4.80. The quantitative estimate of drug-likeness (QED) is 0.825. The number of rotatable bonds is 5. The molecule has 2 N–H and O–H groups in total. The molecule has 0 fully saturated rings. The van der Waals surface area contributed by atoms with Gasteiger partial charge in [-0.25, -0.2) is 4.39 Å². The summed E-state index contributed by atoms with van der Waals surface area (Å²) in [5.74, 6) is -0.240. The topological polar surface area (TPSA) is 35.5 Å². The third-order valence-corrected chi connectivity index (χ3v) is 2.84. The lowest BCUT2D eigenvalue weighted by molar-refractivity contribution is 0.201. The van der Waals surface area contributed by atoms with E-state index in [4.69, 9.17) is 0 Å². The number of nitrogens with one attached hydrogen (secondary N) is 1. The van der Waals surface area contributed by atoms with Gasteiger partial charge in [0.25, 0.3) is 0 Å². The molecule has 4 heteroatoms. The van der Waals surface area contributed by atoms with E-state index < -0.39 is 6.10 Å². The molecule has 0 aliphatic carbocycles. The van der Waals surface area contributed by atoms with Crippen molar-refractivity contribution in [2.24, 2.45) is 0 Å². The highest BCUT2D eigenvalue weighted by Crippen LogP contribution is 2.26. The van der Waals surface area contributed by atoms with Gasteiger partial charge in [0.15, 0.2) is 0 Å². The maximum atomic E-state index is 13.3. The van der Waals surface area contributed by atoms with E-state index in [1.807, 2.05) is 25.9 Å². The predicted octanol–water partition coefficient (Wildman–Crippen LogP) is 1.92. The molecule has 1 aromatic rings. The highest BCUT2D eigenvalue weighted by molar-refractivity contribution is 5.54. The van der Waals surface area contributed by atoms with Gasteiger partial charge in [0.2, 0.25) is 0 Å². The van der Waals surface area contributed by atoms with E-state index in [-0.39, 0.29) is 11.9 Å². The molecule has 0 bridgehead atoms. The maximum Gasteiger partial charge on any atom is 0.123 e. The van der Waals surface area contributed by atoms with Crippen molar-refractivity contribution in [1.82, 2.24) is 5.32 Å². The fourth-order valence-electron chi connectivity index (χ4n) is 1.87. The van der Waals surface area contributed by atoms with Crippen LogP contribution in [0.5, 0.6) is 0 Å². The molecule has 0 saturated carbocycles. The van der Waals surface area contributed by atoms with Crippen LogP contribution in [-0.4, -0.2) is 31.9 Å². The van der Waals surface area contributed by atoms with Gasteiger partial charge in [-0.2, -0.15) is 0 Å². The van der Waals surface area contributed by atoms with E-state index in [2.05, 4.69) is 5.32 Å². The van der Waals surface area contributed by atoms with Gasteiger partial charge in [0, 0.05) is 25.3 Å². The van der Waals surface area contributed by atoms with Crippen molar-refractivity contribution >= 4 is 5.69 Å². The Balaban J connectivity index is 3.05. The fourth-order valence-corrected chi connectivity index (χ4v) is 1.87. The summed E-state index contributed by atoms with van der Waals surface area (Å²) in [6.45, 7) is 4.24. The molecule has 1 rings (SSSR count). The van der Waals surface area contributed by atoms with Crippen LogP contribution in [0.15, 0.2) is 18.2 Å². The minimum Gasteiger partial charge on any atom is -0.392 e. The minimum atomic E-state index is -0.414. The predicted molar refractivity (Wildman–Crippen MR) is 68.8 cm³/mol. The minimum absolute atomic E-state index is 0.0668. The van der Waals surface area contributed by atoms with Crippen LogP contribution < -0.4 is 10.2 Å². The summed E-state index contributed by atoms with van der Waals surface area (Å²) in [6.07, 6.45) is -0.414. The summed E-state index contributed by atoms with van der Waals surface area (Å²) >= 11 is 0. The van der Waals surface area contributed by atoms with E-state index in [1.54, 1.807) is 13.0 Å². The van der Waals surface area contributed by atoms with Crippen LogP contribution in [0.2, 0.25) is 0 Å². The van der Waals surface area contributed by atoms with Crippen LogP contribution in [0, 0.1) is 5.82 Å². The molecule has 3 nitrogen and oxygen atoms in total. The van der Waals surface area contributed by atoms with Gasteiger partial charge in [-0.1, -0.05) is 0 Å². The van der Waals surface area contributed by atoms with Crippen LogP contribution in [0.4, 0.5) is 10.1 Å². The molecule has 0 heterocycles. The first-order valence-corrected chi connectivity index (χ1v) is 5.81. The lowest BCUT2D eigenvalue weighted by Crippen LogP contribution is -2.28. The van der Waals surface area contributed by atoms with Gasteiger partial charge in [0.05, 0.1) is 6.10 Å². The normalized spacial score (nSPS) is 14.5. The van der Waals surface area contributed by atoms with Crippen LogP contribution in [-0.2, 0) is 0 Å². The Bertz CT molecular complexity index is 368. The fraction of sp³-hybridized carbons (Fsp3) is 0.538. The van der Waals surface area contributed by atoms with Gasteiger partial charge in [-0.3, -0.25) is 0 Å². The highest BCUT2D eigenvalue weighted by atomic mass is 19.1. The summed E-state index contributed by atoms with van der Waals surface area (Å²) in [5.41, 5.74) is 1.84. The number of likely N-dealkylation sites (N-methyl/N-ethyl adjacent to an activating group) is 1. The second kappa shape index (κ2) is 5.98. The first-order chi connectivity index (χ1) is 7.95.